The van der Waals surface area contributed by atoms with Crippen molar-refractivity contribution in [3.63, 3.8) is 0 Å². The second kappa shape index (κ2) is 18.6. The summed E-state index contributed by atoms with van der Waals surface area (Å²) in [6.45, 7) is 5.37. The lowest BCUT2D eigenvalue weighted by atomic mass is 9.99. The fraction of sp³-hybridized carbons (Fsp3) is 0.548. The van der Waals surface area contributed by atoms with E-state index in [4.69, 9.17) is 4.74 Å². The summed E-state index contributed by atoms with van der Waals surface area (Å²) < 4.78 is 34.6. The quantitative estimate of drug-likeness (QED) is 0.304. The van der Waals surface area contributed by atoms with Crippen LogP contribution in [0.25, 0.3) is 0 Å². The molecule has 4 aliphatic heterocycles. The maximum Gasteiger partial charge on any atom is 0.329 e. The van der Waals surface area contributed by atoms with E-state index in [1.165, 1.54) is 28.5 Å². The van der Waals surface area contributed by atoms with Gasteiger partial charge in [-0.15, -0.1) is 0 Å². The number of cyclic esters (lactones) is 1. The molecular weight excluding hydrogens is 783 g/mol. The Labute approximate surface area is 347 Å². The third-order valence-electron chi connectivity index (χ3n) is 11.7. The number of nitrogens with one attached hydrogen (secondary N) is 4. The number of piperidine rings is 1. The van der Waals surface area contributed by atoms with Gasteiger partial charge in [0.15, 0.2) is 0 Å². The van der Waals surface area contributed by atoms with Crippen LogP contribution in [0.4, 0.5) is 25.0 Å². The predicted molar refractivity (Wildman–Crippen MR) is 215 cm³/mol. The molecule has 4 fully saturated rings. The molecule has 60 heavy (non-hydrogen) atoms. The number of carbonyl (C=O) groups is 7. The van der Waals surface area contributed by atoms with E-state index in [1.807, 2.05) is 25.9 Å². The van der Waals surface area contributed by atoms with Crippen molar-refractivity contribution in [2.75, 3.05) is 43.9 Å². The molecule has 1 unspecified atom stereocenters. The second-order valence-corrected chi connectivity index (χ2v) is 16.5. The van der Waals surface area contributed by atoms with Crippen LogP contribution < -0.4 is 26.2 Å². The highest BCUT2D eigenvalue weighted by Crippen LogP contribution is 2.29. The van der Waals surface area contributed by atoms with Crippen LogP contribution in [0.2, 0.25) is 0 Å². The number of rotatable bonds is 7. The number of amides is 7. The van der Waals surface area contributed by atoms with E-state index in [0.717, 1.165) is 17.8 Å². The molecule has 18 heteroatoms. The number of hydrogen-bond donors (Lipinski definition) is 4. The van der Waals surface area contributed by atoms with Crippen molar-refractivity contribution in [2.45, 2.75) is 108 Å². The van der Waals surface area contributed by atoms with Crippen LogP contribution in [0.15, 0.2) is 42.5 Å². The molecule has 16 nitrogen and oxygen atoms in total. The Hall–Kier alpha value is -5.81. The van der Waals surface area contributed by atoms with Gasteiger partial charge in [-0.2, -0.15) is 0 Å². The minimum Gasteiger partial charge on any atom is -0.458 e. The molecule has 0 saturated carbocycles. The normalized spacial score (nSPS) is 26.9. The first-order valence-electron chi connectivity index (χ1n) is 20.5. The highest BCUT2D eigenvalue weighted by atomic mass is 19.1. The van der Waals surface area contributed by atoms with Gasteiger partial charge in [0, 0.05) is 57.6 Å². The molecule has 4 saturated heterocycles. The minimum atomic E-state index is -1.62. The zero-order chi connectivity index (χ0) is 43.4. The first-order chi connectivity index (χ1) is 28.5. The monoisotopic (exact) mass is 836 g/mol. The average molecular weight is 837 g/mol. The van der Waals surface area contributed by atoms with Crippen LogP contribution in [0.3, 0.4) is 0 Å². The van der Waals surface area contributed by atoms with Gasteiger partial charge in [0.05, 0.1) is 0 Å². The van der Waals surface area contributed by atoms with Gasteiger partial charge in [0.2, 0.25) is 29.5 Å². The lowest BCUT2D eigenvalue weighted by Gasteiger charge is -2.39. The third-order valence-corrected chi connectivity index (χ3v) is 11.7. The van der Waals surface area contributed by atoms with Gasteiger partial charge in [-0.05, 0) is 100 Å². The van der Waals surface area contributed by atoms with Gasteiger partial charge in [-0.25, -0.2) is 18.4 Å². The molecule has 0 aliphatic carbocycles. The van der Waals surface area contributed by atoms with Gasteiger partial charge in [0.1, 0.15) is 54.0 Å². The second-order valence-electron chi connectivity index (χ2n) is 16.5. The first kappa shape index (κ1) is 43.8. The van der Waals surface area contributed by atoms with E-state index in [0.29, 0.717) is 37.4 Å². The SMILES string of the molecule is CC1NC(=O)[C@@H]2CCCCN2C(=O)[C@@H]2CCCN2C(=O)[C@@H](NC(=O)[C@H](Cc2cc(F)cc(F)c2)NC(=O)Nc2ccc(N(C)C)cc2)[C@H](C)OC(=O)[C@@H]2C[C@@H](C)CN2C1=O. The third kappa shape index (κ3) is 9.96. The predicted octanol–water partition coefficient (Wildman–Crippen LogP) is 2.31. The smallest absolute Gasteiger partial charge is 0.329 e. The van der Waals surface area contributed by atoms with Crippen LogP contribution in [0, 0.1) is 17.6 Å². The number of anilines is 2. The van der Waals surface area contributed by atoms with Crippen molar-refractivity contribution in [1.29, 1.82) is 0 Å². The summed E-state index contributed by atoms with van der Waals surface area (Å²) >= 11 is 0. The fourth-order valence-electron chi connectivity index (χ4n) is 8.56. The number of esters is 1. The number of benzene rings is 2. The molecule has 4 aliphatic rings. The summed E-state index contributed by atoms with van der Waals surface area (Å²) in [5, 5.41) is 10.6. The molecule has 4 N–H and O–H groups in total. The van der Waals surface area contributed by atoms with Gasteiger partial charge in [-0.1, -0.05) is 6.92 Å². The Morgan fingerprint density at radius 3 is 2.17 bits per heavy atom. The molecule has 0 aromatic heterocycles. The number of urea groups is 1. The van der Waals surface area contributed by atoms with E-state index in [2.05, 4.69) is 21.3 Å². The molecule has 2 aromatic carbocycles. The molecule has 4 heterocycles. The molecule has 0 radical (unpaired) electrons. The Morgan fingerprint density at radius 2 is 1.48 bits per heavy atom. The van der Waals surface area contributed by atoms with Crippen LogP contribution in [-0.2, 0) is 39.9 Å². The Balaban J connectivity index is 1.33. The topological polar surface area (TPSA) is 190 Å². The molecule has 324 valence electrons. The number of fused-ring (bicyclic) bond motifs is 3. The summed E-state index contributed by atoms with van der Waals surface area (Å²) in [4.78, 5) is 104. The molecule has 8 atom stereocenters. The molecule has 2 aromatic rings. The van der Waals surface area contributed by atoms with E-state index in [-0.39, 0.29) is 44.0 Å². The zero-order valence-corrected chi connectivity index (χ0v) is 34.5. The summed E-state index contributed by atoms with van der Waals surface area (Å²) in [6.07, 6.45) is 0.783. The van der Waals surface area contributed by atoms with E-state index < -0.39 is 102 Å². The van der Waals surface area contributed by atoms with Crippen molar-refractivity contribution >= 4 is 52.9 Å². The Bertz CT molecular complexity index is 1960. The highest BCUT2D eigenvalue weighted by Gasteiger charge is 2.47. The van der Waals surface area contributed by atoms with Gasteiger partial charge >= 0.3 is 12.0 Å². The van der Waals surface area contributed by atoms with Crippen molar-refractivity contribution < 1.29 is 47.1 Å². The van der Waals surface area contributed by atoms with Crippen molar-refractivity contribution in [2.24, 2.45) is 5.92 Å². The number of halogens is 2. The van der Waals surface area contributed by atoms with Crippen molar-refractivity contribution in [3.8, 4) is 0 Å². The maximum atomic E-state index is 14.7. The fourth-order valence-corrected chi connectivity index (χ4v) is 8.56. The molecule has 7 amide bonds. The summed E-state index contributed by atoms with van der Waals surface area (Å²) in [7, 11) is 3.70. The largest absolute Gasteiger partial charge is 0.458 e. The summed E-state index contributed by atoms with van der Waals surface area (Å²) in [5.41, 5.74) is 1.26. The standard InChI is InChI=1S/C42H54F2N8O8/c1-23-17-34-41(58)60-25(3)35(40(57)51-16-8-10-33(51)39(56)50-15-7-6-9-32(50)37(54)45-24(2)38(55)52(34)22-23)48-36(53)31(20-26-18-27(43)21-28(44)19-26)47-42(59)46-29-11-13-30(14-12-29)49(4)5/h11-14,18-19,21,23-25,31-35H,6-10,15-17,20,22H2,1-5H3,(H,45,54)(H,48,53)(H2,46,47,59)/t23-,24?,25+,31+,32+,33+,34+,35+/m1/s1. The highest BCUT2D eigenvalue weighted by molar-refractivity contribution is 5.99. The molecule has 6 rings (SSSR count). The van der Waals surface area contributed by atoms with Crippen LogP contribution in [-0.4, -0.2) is 132 Å². The number of carbonyl (C=O) groups excluding carboxylic acids is 7. The minimum absolute atomic E-state index is 0.0201. The van der Waals surface area contributed by atoms with E-state index >= 15 is 0 Å². The molecule has 0 spiro atoms. The van der Waals surface area contributed by atoms with Gasteiger partial charge in [0.25, 0.3) is 0 Å². The lowest BCUT2D eigenvalue weighted by Crippen LogP contribution is -2.63. The average Bonchev–Trinajstić information content (AvgIpc) is 3.85. The number of ether oxygens (including phenoxy) is 1. The van der Waals surface area contributed by atoms with E-state index in [1.54, 1.807) is 24.3 Å². The number of nitrogens with zero attached hydrogens (tertiary/aromatic N) is 4. The van der Waals surface area contributed by atoms with Crippen molar-refractivity contribution in [3.05, 3.63) is 59.7 Å². The maximum absolute atomic E-state index is 14.7. The lowest BCUT2D eigenvalue weighted by molar-refractivity contribution is -0.163. The van der Waals surface area contributed by atoms with Crippen LogP contribution in [0.5, 0.6) is 0 Å². The summed E-state index contributed by atoms with van der Waals surface area (Å²) in [5.74, 6) is -5.97. The molecular formula is C42H54F2N8O8. The Morgan fingerprint density at radius 1 is 0.833 bits per heavy atom. The number of hydrogen-bond acceptors (Lipinski definition) is 9. The van der Waals surface area contributed by atoms with Crippen LogP contribution >= 0.6 is 0 Å². The van der Waals surface area contributed by atoms with Gasteiger partial charge in [-0.3, -0.25) is 24.0 Å². The van der Waals surface area contributed by atoms with Gasteiger partial charge < -0.3 is 45.6 Å². The van der Waals surface area contributed by atoms with Crippen LogP contribution in [0.1, 0.15) is 64.9 Å². The van der Waals surface area contributed by atoms with E-state index in [9.17, 15) is 42.3 Å². The zero-order valence-electron chi connectivity index (χ0n) is 34.5. The first-order valence-corrected chi connectivity index (χ1v) is 20.5. The Kier molecular flexibility index (Phi) is 13.6. The summed E-state index contributed by atoms with van der Waals surface area (Å²) in [6, 6.07) is 1.51. The molecule has 0 bridgehead atoms. The van der Waals surface area contributed by atoms with Crippen molar-refractivity contribution in [1.82, 2.24) is 30.7 Å².